The van der Waals surface area contributed by atoms with Crippen molar-refractivity contribution in [3.63, 3.8) is 0 Å². The highest BCUT2D eigenvalue weighted by atomic mass is 35.5. The van der Waals surface area contributed by atoms with Crippen LogP contribution < -0.4 is 10.1 Å². The zero-order valence-corrected chi connectivity index (χ0v) is 18.2. The minimum atomic E-state index is -0.331. The maximum atomic E-state index is 12.3. The number of halogens is 2. The number of ether oxygens (including phenoxy) is 1. The molecule has 3 aromatic heterocycles. The Morgan fingerprint density at radius 1 is 1.07 bits per heavy atom. The van der Waals surface area contributed by atoms with E-state index in [9.17, 15) is 4.79 Å². The van der Waals surface area contributed by atoms with Gasteiger partial charge in [-0.1, -0.05) is 23.2 Å². The molecule has 0 unspecified atom stereocenters. The van der Waals surface area contributed by atoms with Gasteiger partial charge >= 0.3 is 0 Å². The summed E-state index contributed by atoms with van der Waals surface area (Å²) >= 11 is 13.0. The molecule has 152 valence electrons. The normalized spacial score (nSPS) is 10.8. The van der Waals surface area contributed by atoms with Crippen molar-refractivity contribution in [2.45, 2.75) is 13.8 Å². The highest BCUT2D eigenvalue weighted by molar-refractivity contribution is 7.20. The number of hydrogen-bond acceptors (Lipinski definition) is 6. The van der Waals surface area contributed by atoms with Crippen LogP contribution in [0.15, 0.2) is 48.5 Å². The molecule has 0 spiro atoms. The second kappa shape index (κ2) is 8.43. The van der Waals surface area contributed by atoms with Gasteiger partial charge in [-0.25, -0.2) is 4.68 Å². The first-order valence-corrected chi connectivity index (χ1v) is 10.4. The van der Waals surface area contributed by atoms with E-state index in [0.717, 1.165) is 22.7 Å². The van der Waals surface area contributed by atoms with Crippen LogP contribution in [0.2, 0.25) is 8.67 Å². The van der Waals surface area contributed by atoms with Gasteiger partial charge in [-0.05, 0) is 56.3 Å². The van der Waals surface area contributed by atoms with Gasteiger partial charge in [-0.15, -0.1) is 21.5 Å². The molecule has 4 aromatic rings. The number of rotatable bonds is 5. The summed E-state index contributed by atoms with van der Waals surface area (Å²) in [7, 11) is 0. The Hall–Kier alpha value is -2.94. The van der Waals surface area contributed by atoms with Crippen LogP contribution >= 0.6 is 34.5 Å². The number of anilines is 1. The Morgan fingerprint density at radius 3 is 2.40 bits per heavy atom. The summed E-state index contributed by atoms with van der Waals surface area (Å²) in [6, 6.07) is 13.9. The first-order valence-electron chi connectivity index (χ1n) is 8.80. The Kier molecular flexibility index (Phi) is 5.72. The molecular weight excluding hydrogens is 445 g/mol. The monoisotopic (exact) mass is 459 g/mol. The van der Waals surface area contributed by atoms with E-state index in [2.05, 4.69) is 20.6 Å². The van der Waals surface area contributed by atoms with Gasteiger partial charge in [0.25, 0.3) is 5.91 Å². The van der Waals surface area contributed by atoms with E-state index in [-0.39, 0.29) is 5.91 Å². The van der Waals surface area contributed by atoms with E-state index >= 15 is 0 Å². The quantitative estimate of drug-likeness (QED) is 0.414. The standard InChI is InChI=1S/C20H15Cl2N5O2S/c1-11-9-12(2)27(26-11)17-7-8-18(25-24-17)29-14-5-3-13(4-6-14)23-20(28)15-10-16(21)30-19(15)22/h3-10H,1-2H3,(H,23,28). The number of benzene rings is 1. The second-order valence-corrected chi connectivity index (χ2v) is 8.67. The first-order chi connectivity index (χ1) is 14.4. The van der Waals surface area contributed by atoms with Gasteiger partial charge in [0.15, 0.2) is 5.82 Å². The molecule has 0 aliphatic heterocycles. The fourth-order valence-corrected chi connectivity index (χ4v) is 4.22. The van der Waals surface area contributed by atoms with Crippen LogP contribution in [0, 0.1) is 13.8 Å². The highest BCUT2D eigenvalue weighted by Crippen LogP contribution is 2.31. The van der Waals surface area contributed by atoms with Gasteiger partial charge in [0.2, 0.25) is 5.88 Å². The third kappa shape index (κ3) is 4.46. The summed E-state index contributed by atoms with van der Waals surface area (Å²) in [6.07, 6.45) is 0. The molecule has 10 heteroatoms. The van der Waals surface area contributed by atoms with Crippen molar-refractivity contribution in [2.75, 3.05) is 5.32 Å². The van der Waals surface area contributed by atoms with Crippen molar-refractivity contribution < 1.29 is 9.53 Å². The molecule has 0 aliphatic rings. The minimum Gasteiger partial charge on any atom is -0.438 e. The molecule has 7 nitrogen and oxygen atoms in total. The Labute approximate surface area is 186 Å². The SMILES string of the molecule is Cc1cc(C)n(-c2ccc(Oc3ccc(NC(=O)c4cc(Cl)sc4Cl)cc3)nn2)n1. The van der Waals surface area contributed by atoms with Crippen molar-refractivity contribution in [3.05, 3.63) is 74.2 Å². The first kappa shape index (κ1) is 20.3. The molecule has 1 amide bonds. The number of carbonyl (C=O) groups excluding carboxylic acids is 1. The van der Waals surface area contributed by atoms with Crippen molar-refractivity contribution in [3.8, 4) is 17.4 Å². The summed E-state index contributed by atoms with van der Waals surface area (Å²) in [5.41, 5.74) is 2.81. The van der Waals surface area contributed by atoms with Crippen molar-refractivity contribution in [1.82, 2.24) is 20.0 Å². The zero-order valence-electron chi connectivity index (χ0n) is 15.9. The molecule has 0 atom stereocenters. The predicted molar refractivity (Wildman–Crippen MR) is 117 cm³/mol. The second-order valence-electron chi connectivity index (χ2n) is 6.39. The van der Waals surface area contributed by atoms with Crippen LogP contribution in [-0.2, 0) is 0 Å². The van der Waals surface area contributed by atoms with Crippen LogP contribution in [-0.4, -0.2) is 25.9 Å². The fourth-order valence-electron chi connectivity index (χ4n) is 2.76. The molecule has 0 aliphatic carbocycles. The van der Waals surface area contributed by atoms with Crippen molar-refractivity contribution in [2.24, 2.45) is 0 Å². The molecule has 1 N–H and O–H groups in total. The number of carbonyl (C=O) groups is 1. The maximum Gasteiger partial charge on any atom is 0.258 e. The topological polar surface area (TPSA) is 81.9 Å². The van der Waals surface area contributed by atoms with Crippen LogP contribution in [0.5, 0.6) is 11.6 Å². The lowest BCUT2D eigenvalue weighted by Gasteiger charge is -2.08. The number of nitrogens with zero attached hydrogens (tertiary/aromatic N) is 4. The average molecular weight is 460 g/mol. The lowest BCUT2D eigenvalue weighted by atomic mass is 10.2. The van der Waals surface area contributed by atoms with E-state index in [1.165, 1.54) is 6.07 Å². The van der Waals surface area contributed by atoms with Crippen molar-refractivity contribution in [1.29, 1.82) is 0 Å². The number of aryl methyl sites for hydroxylation is 2. The van der Waals surface area contributed by atoms with Crippen LogP contribution in [0.3, 0.4) is 0 Å². The minimum absolute atomic E-state index is 0.331. The van der Waals surface area contributed by atoms with Crippen molar-refractivity contribution >= 4 is 46.1 Å². The third-order valence-electron chi connectivity index (χ3n) is 4.09. The maximum absolute atomic E-state index is 12.3. The molecule has 0 saturated carbocycles. The molecule has 4 rings (SSSR count). The van der Waals surface area contributed by atoms with Crippen LogP contribution in [0.25, 0.3) is 5.82 Å². The van der Waals surface area contributed by atoms with Gasteiger partial charge in [0, 0.05) is 17.4 Å². The lowest BCUT2D eigenvalue weighted by molar-refractivity contribution is 0.102. The zero-order chi connectivity index (χ0) is 21.3. The summed E-state index contributed by atoms with van der Waals surface area (Å²) in [5, 5.41) is 15.4. The fraction of sp³-hybridized carbons (Fsp3) is 0.100. The molecule has 30 heavy (non-hydrogen) atoms. The van der Waals surface area contributed by atoms with Crippen LogP contribution in [0.1, 0.15) is 21.7 Å². The van der Waals surface area contributed by atoms with Gasteiger partial charge in [-0.2, -0.15) is 5.10 Å². The number of nitrogens with one attached hydrogen (secondary N) is 1. The molecule has 0 saturated heterocycles. The molecule has 0 radical (unpaired) electrons. The third-order valence-corrected chi connectivity index (χ3v) is 5.58. The van der Waals surface area contributed by atoms with Gasteiger partial charge in [0.05, 0.1) is 15.6 Å². The van der Waals surface area contributed by atoms with E-state index < -0.39 is 0 Å². The highest BCUT2D eigenvalue weighted by Gasteiger charge is 2.14. The Bertz CT molecular complexity index is 1200. The van der Waals surface area contributed by atoms with E-state index in [4.69, 9.17) is 27.9 Å². The summed E-state index contributed by atoms with van der Waals surface area (Å²) in [4.78, 5) is 12.3. The molecule has 0 bridgehead atoms. The number of hydrogen-bond donors (Lipinski definition) is 1. The molecular formula is C20H15Cl2N5O2S. The van der Waals surface area contributed by atoms with E-state index in [1.807, 2.05) is 19.9 Å². The molecule has 0 fully saturated rings. The summed E-state index contributed by atoms with van der Waals surface area (Å²) in [5.74, 6) is 1.18. The smallest absolute Gasteiger partial charge is 0.258 e. The Balaban J connectivity index is 1.41. The molecule has 3 heterocycles. The van der Waals surface area contributed by atoms with Gasteiger partial charge in [-0.3, -0.25) is 4.79 Å². The largest absolute Gasteiger partial charge is 0.438 e. The number of thiophene rings is 1. The van der Waals surface area contributed by atoms with Gasteiger partial charge < -0.3 is 10.1 Å². The number of aromatic nitrogens is 4. The molecule has 1 aromatic carbocycles. The Morgan fingerprint density at radius 2 is 1.83 bits per heavy atom. The summed E-state index contributed by atoms with van der Waals surface area (Å²) in [6.45, 7) is 3.87. The summed E-state index contributed by atoms with van der Waals surface area (Å²) < 4.78 is 8.24. The van der Waals surface area contributed by atoms with E-state index in [1.54, 1.807) is 41.1 Å². The van der Waals surface area contributed by atoms with Crippen LogP contribution in [0.4, 0.5) is 5.69 Å². The average Bonchev–Trinajstić information content (AvgIpc) is 3.24. The van der Waals surface area contributed by atoms with E-state index in [0.29, 0.717) is 37.4 Å². The predicted octanol–water partition coefficient (Wildman–Crippen LogP) is 5.69. The van der Waals surface area contributed by atoms with Gasteiger partial charge in [0.1, 0.15) is 10.1 Å². The lowest BCUT2D eigenvalue weighted by Crippen LogP contribution is -2.11. The number of amides is 1.